The topological polar surface area (TPSA) is 59.6 Å². The van der Waals surface area contributed by atoms with Gasteiger partial charge < -0.3 is 20.1 Å². The summed E-state index contributed by atoms with van der Waals surface area (Å²) in [6, 6.07) is 15.9. The number of ketones is 1. The van der Waals surface area contributed by atoms with Gasteiger partial charge in [-0.25, -0.2) is 0 Å². The van der Waals surface area contributed by atoms with E-state index < -0.39 is 0 Å². The molecule has 0 saturated carbocycles. The Morgan fingerprint density at radius 1 is 1.12 bits per heavy atom. The summed E-state index contributed by atoms with van der Waals surface area (Å²) in [4.78, 5) is 14.9. The van der Waals surface area contributed by atoms with E-state index in [1.165, 1.54) is 4.88 Å². The minimum absolute atomic E-state index is 0.164. The first kappa shape index (κ1) is 22.0. The molecule has 3 aromatic rings. The van der Waals surface area contributed by atoms with Gasteiger partial charge in [0.15, 0.2) is 17.3 Å². The Labute approximate surface area is 205 Å². The van der Waals surface area contributed by atoms with Crippen molar-refractivity contribution in [1.82, 2.24) is 0 Å². The lowest BCUT2D eigenvalue weighted by molar-refractivity contribution is -0.116. The number of allylic oxidation sites excluding steroid dienone is 1. The molecule has 0 unspecified atom stereocenters. The normalized spacial score (nSPS) is 19.7. The van der Waals surface area contributed by atoms with Crippen molar-refractivity contribution in [2.24, 2.45) is 0 Å². The number of benzene rings is 2. The van der Waals surface area contributed by atoms with Crippen LogP contribution in [-0.4, -0.2) is 19.5 Å². The number of carbonyl (C=O) groups is 1. The van der Waals surface area contributed by atoms with Crippen LogP contribution < -0.4 is 20.1 Å². The molecule has 170 valence electrons. The second kappa shape index (κ2) is 9.23. The summed E-state index contributed by atoms with van der Waals surface area (Å²) in [7, 11) is 1.63. The molecular weight excluding hydrogens is 500 g/mol. The Morgan fingerprint density at radius 2 is 1.94 bits per heavy atom. The summed E-state index contributed by atoms with van der Waals surface area (Å²) in [6.45, 7) is 2.46. The lowest BCUT2D eigenvalue weighted by Gasteiger charge is -2.29. The van der Waals surface area contributed by atoms with Crippen molar-refractivity contribution in [3.05, 3.63) is 80.1 Å². The maximum absolute atomic E-state index is 13.6. The molecule has 2 aromatic carbocycles. The summed E-state index contributed by atoms with van der Waals surface area (Å²) in [5.74, 6) is 1.65. The van der Waals surface area contributed by atoms with Gasteiger partial charge in [0.25, 0.3) is 0 Å². The third kappa shape index (κ3) is 4.15. The molecule has 2 heterocycles. The smallest absolute Gasteiger partial charge is 0.174 e. The monoisotopic (exact) mass is 524 g/mol. The van der Waals surface area contributed by atoms with Crippen molar-refractivity contribution in [1.29, 1.82) is 0 Å². The van der Waals surface area contributed by atoms with Gasteiger partial charge in [-0.15, -0.1) is 11.3 Å². The lowest BCUT2D eigenvalue weighted by Crippen LogP contribution is -2.26. The number of thiophene rings is 1. The number of methoxy groups -OCH3 is 1. The predicted molar refractivity (Wildman–Crippen MR) is 137 cm³/mol. The highest BCUT2D eigenvalue weighted by atomic mass is 79.9. The van der Waals surface area contributed by atoms with E-state index in [1.54, 1.807) is 18.4 Å². The predicted octanol–water partition coefficient (Wildman–Crippen LogP) is 6.90. The summed E-state index contributed by atoms with van der Waals surface area (Å²) >= 11 is 5.35. The van der Waals surface area contributed by atoms with Crippen molar-refractivity contribution in [3.8, 4) is 11.5 Å². The minimum Gasteiger partial charge on any atom is -0.492 e. The van der Waals surface area contributed by atoms with E-state index in [1.807, 2.05) is 43.3 Å². The Morgan fingerprint density at radius 3 is 2.67 bits per heavy atom. The SMILES string of the molecule is CCOc1cc([C@@H]2Nc3ccccc3NC3=C2C(=O)C[C@H](c2cccs2)C3)cc(Br)c1OC. The molecule has 0 spiro atoms. The maximum Gasteiger partial charge on any atom is 0.174 e. The van der Waals surface area contributed by atoms with E-state index in [4.69, 9.17) is 9.47 Å². The first-order valence-corrected chi connectivity index (χ1v) is 12.7. The molecule has 0 bridgehead atoms. The molecule has 2 atom stereocenters. The second-order valence-corrected chi connectivity index (χ2v) is 9.98. The van der Waals surface area contributed by atoms with Gasteiger partial charge in [-0.3, -0.25) is 4.79 Å². The molecule has 5 nitrogen and oxygen atoms in total. The first-order valence-electron chi connectivity index (χ1n) is 11.0. The van der Waals surface area contributed by atoms with Crippen LogP contribution >= 0.6 is 27.3 Å². The van der Waals surface area contributed by atoms with Crippen molar-refractivity contribution in [3.63, 3.8) is 0 Å². The number of rotatable bonds is 5. The number of carbonyl (C=O) groups excluding carboxylic acids is 1. The molecule has 7 heteroatoms. The highest BCUT2D eigenvalue weighted by Gasteiger charge is 2.36. The Balaban J connectivity index is 1.64. The van der Waals surface area contributed by atoms with Crippen LogP contribution in [0.3, 0.4) is 0 Å². The zero-order chi connectivity index (χ0) is 22.9. The van der Waals surface area contributed by atoms with Crippen LogP contribution in [0.4, 0.5) is 11.4 Å². The molecule has 2 N–H and O–H groups in total. The van der Waals surface area contributed by atoms with Crippen molar-refractivity contribution in [2.45, 2.75) is 31.7 Å². The first-order chi connectivity index (χ1) is 16.1. The number of hydrogen-bond donors (Lipinski definition) is 2. The van der Waals surface area contributed by atoms with Gasteiger partial charge in [0.05, 0.1) is 35.6 Å². The molecule has 5 rings (SSSR count). The third-order valence-corrected chi connectivity index (χ3v) is 7.75. The van der Waals surface area contributed by atoms with Gasteiger partial charge in [0.2, 0.25) is 0 Å². The standard InChI is InChI=1S/C26H25BrN2O3S/c1-3-32-22-14-16(11-17(27)26(22)31-2)25-24-20(28-18-7-4-5-8-19(18)29-25)12-15(13-21(24)30)23-9-6-10-33-23/h4-11,14-15,25,28-29H,3,12-13H2,1-2H3/t15-,25+/m1/s1. The van der Waals surface area contributed by atoms with Crippen molar-refractivity contribution in [2.75, 3.05) is 24.4 Å². The Hall–Kier alpha value is -2.77. The summed E-state index contributed by atoms with van der Waals surface area (Å²) in [5.41, 5.74) is 4.66. The van der Waals surface area contributed by atoms with Crippen LogP contribution in [0, 0.1) is 0 Å². The molecule has 33 heavy (non-hydrogen) atoms. The van der Waals surface area contributed by atoms with Crippen LogP contribution in [0.15, 0.2) is 69.7 Å². The third-order valence-electron chi connectivity index (χ3n) is 6.12. The quantitative estimate of drug-likeness (QED) is 0.380. The van der Waals surface area contributed by atoms with Crippen LogP contribution in [-0.2, 0) is 4.79 Å². The van der Waals surface area contributed by atoms with Gasteiger partial charge >= 0.3 is 0 Å². The number of anilines is 2. The number of Topliss-reactive ketones (excluding diaryl/α,β-unsaturated/α-hetero) is 1. The minimum atomic E-state index is -0.311. The molecule has 0 fully saturated rings. The number of nitrogens with one attached hydrogen (secondary N) is 2. The van der Waals surface area contributed by atoms with Gasteiger partial charge in [-0.2, -0.15) is 0 Å². The van der Waals surface area contributed by atoms with Gasteiger partial charge in [-0.05, 0) is 70.5 Å². The molecule has 0 saturated heterocycles. The Kier molecular flexibility index (Phi) is 6.17. The number of para-hydroxylation sites is 2. The fourth-order valence-electron chi connectivity index (χ4n) is 4.68. The average molecular weight is 525 g/mol. The van der Waals surface area contributed by atoms with Gasteiger partial charge in [0, 0.05) is 28.5 Å². The highest BCUT2D eigenvalue weighted by molar-refractivity contribution is 9.10. The van der Waals surface area contributed by atoms with Crippen molar-refractivity contribution >= 4 is 44.4 Å². The summed E-state index contributed by atoms with van der Waals surface area (Å²) in [5, 5.41) is 9.30. The van der Waals surface area contributed by atoms with Crippen LogP contribution in [0.2, 0.25) is 0 Å². The van der Waals surface area contributed by atoms with Crippen LogP contribution in [0.5, 0.6) is 11.5 Å². The van der Waals surface area contributed by atoms with Gasteiger partial charge in [-0.1, -0.05) is 18.2 Å². The molecule has 1 aromatic heterocycles. The molecule has 0 radical (unpaired) electrons. The van der Waals surface area contributed by atoms with E-state index in [-0.39, 0.29) is 17.7 Å². The van der Waals surface area contributed by atoms with Gasteiger partial charge in [0.1, 0.15) is 0 Å². The van der Waals surface area contributed by atoms with E-state index >= 15 is 0 Å². The van der Waals surface area contributed by atoms with E-state index in [0.29, 0.717) is 24.5 Å². The zero-order valence-corrected chi connectivity index (χ0v) is 20.9. The van der Waals surface area contributed by atoms with Crippen LogP contribution in [0.1, 0.15) is 42.2 Å². The highest BCUT2D eigenvalue weighted by Crippen LogP contribution is 2.47. The molecule has 1 aliphatic carbocycles. The maximum atomic E-state index is 13.6. The fourth-order valence-corrected chi connectivity index (χ4v) is 6.13. The van der Waals surface area contributed by atoms with Crippen molar-refractivity contribution < 1.29 is 14.3 Å². The average Bonchev–Trinajstić information content (AvgIpc) is 3.28. The second-order valence-electron chi connectivity index (χ2n) is 8.15. The van der Waals surface area contributed by atoms with Crippen LogP contribution in [0.25, 0.3) is 0 Å². The molecule has 0 amide bonds. The number of halogens is 1. The molecule has 1 aliphatic heterocycles. The Bertz CT molecular complexity index is 1220. The number of ether oxygens (including phenoxy) is 2. The largest absolute Gasteiger partial charge is 0.492 e. The number of fused-ring (bicyclic) bond motifs is 1. The fraction of sp³-hybridized carbons (Fsp3) is 0.269. The molecule has 2 aliphatic rings. The van der Waals surface area contributed by atoms with E-state index in [2.05, 4.69) is 44.1 Å². The number of hydrogen-bond acceptors (Lipinski definition) is 6. The zero-order valence-electron chi connectivity index (χ0n) is 18.5. The lowest BCUT2D eigenvalue weighted by atomic mass is 9.80. The van der Waals surface area contributed by atoms with E-state index in [9.17, 15) is 4.79 Å². The summed E-state index contributed by atoms with van der Waals surface area (Å²) in [6.07, 6.45) is 1.30. The van der Waals surface area contributed by atoms with E-state index in [0.717, 1.165) is 39.1 Å². The molecular formula is C26H25BrN2O3S. The summed E-state index contributed by atoms with van der Waals surface area (Å²) < 4.78 is 12.2.